The molecule has 3 aliphatic heterocycles. The molecule has 0 fully saturated rings. The molecule has 9 aromatic carbocycles. The van der Waals surface area contributed by atoms with E-state index in [0.717, 1.165) is 0 Å². The van der Waals surface area contributed by atoms with Gasteiger partial charge in [0.1, 0.15) is 0 Å². The van der Waals surface area contributed by atoms with Crippen LogP contribution in [0, 0.1) is 13.8 Å². The Morgan fingerprint density at radius 2 is 0.815 bits per heavy atom. The van der Waals surface area contributed by atoms with E-state index in [1.165, 1.54) is 127 Å². The Morgan fingerprint density at radius 1 is 0.323 bits per heavy atom. The lowest BCUT2D eigenvalue weighted by Gasteiger charge is -2.53. The van der Waals surface area contributed by atoms with Gasteiger partial charge < -0.3 is 4.90 Å². The summed E-state index contributed by atoms with van der Waals surface area (Å²) >= 11 is 0. The Kier molecular flexibility index (Phi) is 7.14. The summed E-state index contributed by atoms with van der Waals surface area (Å²) in [7, 11) is -2.70. The van der Waals surface area contributed by atoms with Gasteiger partial charge in [0, 0.05) is 16.5 Å². The molecule has 0 aromatic heterocycles. The lowest BCUT2D eigenvalue weighted by Crippen LogP contribution is -2.70. The molecule has 310 valence electrons. The monoisotopic (exact) mass is 847 g/mol. The standard InChI is InChI=1S/C63H49NSi/c1-38-27-31-48-52(33-38)63(53-34-39(2)28-32-49(53)62(48,5)6)50-22-12-13-23-55(50)64(56-36-46-41-17-7-11-21-47(41)61(3,4)51(46)37-54(56)63)40-29-30-45-44-20-10-16-26-59(44)65(60(45)35-40)57-24-14-8-18-42(57)43-19-9-15-25-58(43)65/h7-37H,1-6H3. The van der Waals surface area contributed by atoms with Crippen molar-refractivity contribution in [2.45, 2.75) is 57.8 Å². The summed E-state index contributed by atoms with van der Waals surface area (Å²) in [6, 6.07) is 73.9. The third kappa shape index (κ3) is 4.35. The number of benzene rings is 9. The maximum Gasteiger partial charge on any atom is 0.182 e. The van der Waals surface area contributed by atoms with Gasteiger partial charge in [-0.1, -0.05) is 203 Å². The van der Waals surface area contributed by atoms with Crippen molar-refractivity contribution < 1.29 is 0 Å². The summed E-state index contributed by atoms with van der Waals surface area (Å²) in [6.45, 7) is 14.3. The fraction of sp³-hybridized carbons (Fsp3) is 0.143. The van der Waals surface area contributed by atoms with Gasteiger partial charge in [0.15, 0.2) is 8.07 Å². The zero-order chi connectivity index (χ0) is 43.8. The molecular weight excluding hydrogens is 799 g/mol. The Balaban J connectivity index is 1.13. The molecule has 2 spiro atoms. The average molecular weight is 848 g/mol. The van der Waals surface area contributed by atoms with Gasteiger partial charge >= 0.3 is 0 Å². The molecule has 0 saturated heterocycles. The van der Waals surface area contributed by atoms with Gasteiger partial charge in [0.05, 0.1) is 16.8 Å². The molecule has 0 bridgehead atoms. The first kappa shape index (κ1) is 37.4. The number of para-hydroxylation sites is 1. The third-order valence-corrected chi connectivity index (χ3v) is 21.6. The Labute approximate surface area is 383 Å². The molecule has 65 heavy (non-hydrogen) atoms. The number of rotatable bonds is 1. The summed E-state index contributed by atoms with van der Waals surface area (Å²) < 4.78 is 0. The van der Waals surface area contributed by atoms with E-state index in [2.05, 4.69) is 234 Å². The fourth-order valence-corrected chi connectivity index (χ4v) is 19.5. The van der Waals surface area contributed by atoms with Gasteiger partial charge in [0.2, 0.25) is 0 Å². The minimum atomic E-state index is -2.70. The highest BCUT2D eigenvalue weighted by Crippen LogP contribution is 2.65. The topological polar surface area (TPSA) is 3.24 Å². The Hall–Kier alpha value is -7.00. The van der Waals surface area contributed by atoms with E-state index < -0.39 is 13.5 Å². The lowest BCUT2D eigenvalue weighted by atomic mass is 9.52. The average Bonchev–Trinajstić information content (AvgIpc) is 3.88. The number of hydrogen-bond acceptors (Lipinski definition) is 1. The van der Waals surface area contributed by atoms with E-state index in [4.69, 9.17) is 0 Å². The molecular formula is C63H49NSi. The van der Waals surface area contributed by atoms with E-state index >= 15 is 0 Å². The van der Waals surface area contributed by atoms with Crippen LogP contribution >= 0.6 is 0 Å². The van der Waals surface area contributed by atoms with Crippen LogP contribution in [0.25, 0.3) is 33.4 Å². The van der Waals surface area contributed by atoms with Crippen molar-refractivity contribution >= 4 is 45.9 Å². The molecule has 0 N–H and O–H groups in total. The SMILES string of the molecule is Cc1ccc2c(c1)C1(c3ccccc3N(c3ccc4c(c3)[Si]3(c5ccccc5-c5ccccc53)c3ccccc3-4)c3cc4c(cc31)C(C)(C)c1ccccc1-4)c1cc(C)ccc1C2(C)C. The molecule has 0 atom stereocenters. The van der Waals surface area contributed by atoms with E-state index in [9.17, 15) is 0 Å². The summed E-state index contributed by atoms with van der Waals surface area (Å²) in [4.78, 5) is 2.66. The Bertz CT molecular complexity index is 3480. The molecule has 3 heterocycles. The van der Waals surface area contributed by atoms with Crippen LogP contribution in [0.2, 0.25) is 0 Å². The second-order valence-corrected chi connectivity index (χ2v) is 24.2. The number of nitrogens with zero attached hydrogens (tertiary/aromatic N) is 1. The molecule has 14 rings (SSSR count). The molecule has 0 unspecified atom stereocenters. The smallest absolute Gasteiger partial charge is 0.182 e. The van der Waals surface area contributed by atoms with E-state index in [1.54, 1.807) is 0 Å². The normalized spacial score (nSPS) is 16.9. The van der Waals surface area contributed by atoms with E-state index in [-0.39, 0.29) is 10.8 Å². The van der Waals surface area contributed by atoms with Crippen LogP contribution in [0.1, 0.15) is 83.3 Å². The van der Waals surface area contributed by atoms with Crippen molar-refractivity contribution in [2.75, 3.05) is 4.90 Å². The van der Waals surface area contributed by atoms with Gasteiger partial charge in [-0.2, -0.15) is 0 Å². The van der Waals surface area contributed by atoms with Crippen molar-refractivity contribution in [3.8, 4) is 33.4 Å². The molecule has 9 aromatic rings. The second kappa shape index (κ2) is 12.4. The van der Waals surface area contributed by atoms with Crippen LogP contribution in [0.5, 0.6) is 0 Å². The highest BCUT2D eigenvalue weighted by Gasteiger charge is 2.57. The maximum absolute atomic E-state index is 2.70. The van der Waals surface area contributed by atoms with Gasteiger partial charge in [0.25, 0.3) is 0 Å². The quantitative estimate of drug-likeness (QED) is 0.149. The molecule has 2 aliphatic carbocycles. The number of fused-ring (bicyclic) bond motifs is 21. The van der Waals surface area contributed by atoms with Crippen LogP contribution in [0.3, 0.4) is 0 Å². The molecule has 0 amide bonds. The van der Waals surface area contributed by atoms with Crippen LogP contribution in [0.4, 0.5) is 17.1 Å². The highest BCUT2D eigenvalue weighted by molar-refractivity contribution is 7.24. The third-order valence-electron chi connectivity index (χ3n) is 16.6. The zero-order valence-electron chi connectivity index (χ0n) is 37.8. The van der Waals surface area contributed by atoms with Crippen molar-refractivity contribution in [1.82, 2.24) is 0 Å². The zero-order valence-corrected chi connectivity index (χ0v) is 38.8. The van der Waals surface area contributed by atoms with Crippen molar-refractivity contribution in [1.29, 1.82) is 0 Å². The van der Waals surface area contributed by atoms with Crippen molar-refractivity contribution in [2.24, 2.45) is 0 Å². The van der Waals surface area contributed by atoms with Gasteiger partial charge in [-0.15, -0.1) is 0 Å². The molecule has 5 aliphatic rings. The fourth-order valence-electron chi connectivity index (χ4n) is 13.9. The maximum atomic E-state index is 2.66. The first-order valence-corrected chi connectivity index (χ1v) is 25.4. The first-order chi connectivity index (χ1) is 31.6. The molecule has 2 heteroatoms. The summed E-state index contributed by atoms with van der Waals surface area (Å²) in [5.74, 6) is 0. The molecule has 1 nitrogen and oxygen atoms in total. The molecule has 0 saturated carbocycles. The van der Waals surface area contributed by atoms with Gasteiger partial charge in [-0.05, 0) is 137 Å². The molecule has 0 radical (unpaired) electrons. The summed E-state index contributed by atoms with van der Waals surface area (Å²) in [6.07, 6.45) is 0. The van der Waals surface area contributed by atoms with Crippen LogP contribution in [-0.4, -0.2) is 8.07 Å². The largest absolute Gasteiger partial charge is 0.310 e. The summed E-state index contributed by atoms with van der Waals surface area (Å²) in [5.41, 5.74) is 24.6. The highest BCUT2D eigenvalue weighted by atomic mass is 28.3. The number of anilines is 3. The van der Waals surface area contributed by atoms with Gasteiger partial charge in [-0.3, -0.25) is 0 Å². The van der Waals surface area contributed by atoms with Crippen LogP contribution in [0.15, 0.2) is 188 Å². The second-order valence-electron chi connectivity index (χ2n) is 20.5. The van der Waals surface area contributed by atoms with Crippen molar-refractivity contribution in [3.63, 3.8) is 0 Å². The first-order valence-electron chi connectivity index (χ1n) is 23.4. The predicted octanol–water partition coefficient (Wildman–Crippen LogP) is 12.8. The van der Waals surface area contributed by atoms with E-state index in [0.29, 0.717) is 0 Å². The number of hydrogen-bond donors (Lipinski definition) is 0. The lowest BCUT2D eigenvalue weighted by molar-refractivity contribution is 0.554. The summed E-state index contributed by atoms with van der Waals surface area (Å²) in [5, 5.41) is 6.00. The van der Waals surface area contributed by atoms with Crippen LogP contribution in [-0.2, 0) is 16.2 Å². The van der Waals surface area contributed by atoms with Gasteiger partial charge in [-0.25, -0.2) is 0 Å². The predicted molar refractivity (Wildman–Crippen MR) is 274 cm³/mol. The van der Waals surface area contributed by atoms with Crippen molar-refractivity contribution in [3.05, 3.63) is 244 Å². The Morgan fingerprint density at radius 3 is 1.42 bits per heavy atom. The number of aryl methyl sites for hydroxylation is 2. The minimum Gasteiger partial charge on any atom is -0.310 e. The van der Waals surface area contributed by atoms with Crippen LogP contribution < -0.4 is 25.6 Å². The minimum absolute atomic E-state index is 0.177. The van der Waals surface area contributed by atoms with E-state index in [1.807, 2.05) is 0 Å².